The number of hydrogen-bond donors (Lipinski definition) is 0. The Hall–Kier alpha value is -1.39. The van der Waals surface area contributed by atoms with Gasteiger partial charge in [0.15, 0.2) is 0 Å². The van der Waals surface area contributed by atoms with E-state index >= 15 is 0 Å². The molecule has 0 radical (unpaired) electrons. The summed E-state index contributed by atoms with van der Waals surface area (Å²) in [4.78, 5) is 16.8. The number of carbonyl (C=O) groups is 1. The fourth-order valence-electron chi connectivity index (χ4n) is 5.09. The van der Waals surface area contributed by atoms with Crippen LogP contribution < -0.4 is 0 Å². The van der Waals surface area contributed by atoms with Gasteiger partial charge in [0.25, 0.3) is 0 Å². The van der Waals surface area contributed by atoms with Crippen LogP contribution in [0.1, 0.15) is 48.8 Å². The van der Waals surface area contributed by atoms with Gasteiger partial charge in [0.2, 0.25) is 5.91 Å². The standard InChI is InChI=1S/C21H30N2O2/c1-16-10-17(2)12-18(11-16)14-22-8-6-21(15-22)13-19(5-9-25-21)23-7-3-4-20(23)24/h10-12,19H,3-9,13-15H2,1-2H3/t19-,21-/m0/s1. The molecule has 4 nitrogen and oxygen atoms in total. The van der Waals surface area contributed by atoms with Crippen molar-refractivity contribution >= 4 is 5.91 Å². The van der Waals surface area contributed by atoms with Gasteiger partial charge in [0.1, 0.15) is 0 Å². The predicted molar refractivity (Wildman–Crippen MR) is 98.5 cm³/mol. The Labute approximate surface area is 151 Å². The average molecular weight is 342 g/mol. The van der Waals surface area contributed by atoms with Crippen LogP contribution >= 0.6 is 0 Å². The van der Waals surface area contributed by atoms with E-state index < -0.39 is 0 Å². The molecule has 25 heavy (non-hydrogen) atoms. The van der Waals surface area contributed by atoms with E-state index in [4.69, 9.17) is 4.74 Å². The van der Waals surface area contributed by atoms with Crippen LogP contribution in [0.25, 0.3) is 0 Å². The van der Waals surface area contributed by atoms with Gasteiger partial charge in [0, 0.05) is 45.2 Å². The minimum absolute atomic E-state index is 0.0370. The molecule has 0 bridgehead atoms. The monoisotopic (exact) mass is 342 g/mol. The van der Waals surface area contributed by atoms with Crippen molar-refractivity contribution in [1.29, 1.82) is 0 Å². The van der Waals surface area contributed by atoms with Crippen LogP contribution in [0, 0.1) is 13.8 Å². The summed E-state index contributed by atoms with van der Waals surface area (Å²) in [7, 11) is 0. The summed E-state index contributed by atoms with van der Waals surface area (Å²) < 4.78 is 6.29. The van der Waals surface area contributed by atoms with E-state index in [0.29, 0.717) is 11.9 Å². The van der Waals surface area contributed by atoms with Crippen LogP contribution in [0.4, 0.5) is 0 Å². The fourth-order valence-corrected chi connectivity index (χ4v) is 5.09. The normalized spacial score (nSPS) is 30.6. The molecule has 1 aromatic carbocycles. The van der Waals surface area contributed by atoms with E-state index in [2.05, 4.69) is 41.8 Å². The molecule has 0 N–H and O–H groups in total. The summed E-state index contributed by atoms with van der Waals surface area (Å²) in [5, 5.41) is 0. The van der Waals surface area contributed by atoms with Crippen LogP contribution in [-0.4, -0.2) is 53.6 Å². The first-order valence-electron chi connectivity index (χ1n) is 9.76. The van der Waals surface area contributed by atoms with Crippen molar-refractivity contribution in [2.45, 2.75) is 64.1 Å². The molecule has 3 aliphatic rings. The predicted octanol–water partition coefficient (Wildman–Crippen LogP) is 3.05. The smallest absolute Gasteiger partial charge is 0.222 e. The zero-order valence-electron chi connectivity index (χ0n) is 15.6. The number of rotatable bonds is 3. The van der Waals surface area contributed by atoms with Crippen LogP contribution in [0.5, 0.6) is 0 Å². The molecule has 3 fully saturated rings. The molecule has 0 saturated carbocycles. The Kier molecular flexibility index (Phi) is 4.59. The van der Waals surface area contributed by atoms with E-state index in [-0.39, 0.29) is 5.60 Å². The first kappa shape index (κ1) is 17.0. The Morgan fingerprint density at radius 3 is 2.72 bits per heavy atom. The number of amides is 1. The highest BCUT2D eigenvalue weighted by Crippen LogP contribution is 2.37. The first-order chi connectivity index (χ1) is 12.0. The Balaban J connectivity index is 1.41. The quantitative estimate of drug-likeness (QED) is 0.846. The summed E-state index contributed by atoms with van der Waals surface area (Å²) in [6.07, 6.45) is 4.88. The minimum Gasteiger partial charge on any atom is -0.373 e. The van der Waals surface area contributed by atoms with Crippen molar-refractivity contribution in [3.8, 4) is 0 Å². The second-order valence-electron chi connectivity index (χ2n) is 8.33. The lowest BCUT2D eigenvalue weighted by atomic mass is 9.89. The Morgan fingerprint density at radius 2 is 2.00 bits per heavy atom. The molecule has 2 atom stereocenters. The van der Waals surface area contributed by atoms with Gasteiger partial charge >= 0.3 is 0 Å². The number of nitrogens with zero attached hydrogens (tertiary/aromatic N) is 2. The van der Waals surface area contributed by atoms with E-state index in [1.165, 1.54) is 16.7 Å². The molecule has 0 aliphatic carbocycles. The number of benzene rings is 1. The van der Waals surface area contributed by atoms with Crippen molar-refractivity contribution < 1.29 is 9.53 Å². The summed E-state index contributed by atoms with van der Waals surface area (Å²) in [5.41, 5.74) is 4.04. The third-order valence-corrected chi connectivity index (χ3v) is 6.10. The molecule has 0 unspecified atom stereocenters. The minimum atomic E-state index is -0.0370. The molecule has 3 aliphatic heterocycles. The number of hydrogen-bond acceptors (Lipinski definition) is 3. The largest absolute Gasteiger partial charge is 0.373 e. The molecule has 4 rings (SSSR count). The van der Waals surface area contributed by atoms with Crippen molar-refractivity contribution in [2.75, 3.05) is 26.2 Å². The molecule has 3 heterocycles. The van der Waals surface area contributed by atoms with Gasteiger partial charge < -0.3 is 9.64 Å². The summed E-state index contributed by atoms with van der Waals surface area (Å²) in [6, 6.07) is 7.22. The highest BCUT2D eigenvalue weighted by molar-refractivity contribution is 5.78. The number of ether oxygens (including phenoxy) is 1. The molecule has 1 aromatic rings. The van der Waals surface area contributed by atoms with Crippen LogP contribution in [0.15, 0.2) is 18.2 Å². The van der Waals surface area contributed by atoms with Crippen molar-refractivity contribution in [1.82, 2.24) is 9.80 Å². The summed E-state index contributed by atoms with van der Waals surface area (Å²) in [6.45, 7) is 9.18. The molecule has 136 valence electrons. The third kappa shape index (κ3) is 3.61. The van der Waals surface area contributed by atoms with Gasteiger partial charge in [-0.1, -0.05) is 29.3 Å². The fraction of sp³-hybridized carbons (Fsp3) is 0.667. The highest BCUT2D eigenvalue weighted by Gasteiger charge is 2.45. The average Bonchev–Trinajstić information content (AvgIpc) is 3.13. The zero-order chi connectivity index (χ0) is 17.4. The Bertz CT molecular complexity index is 639. The van der Waals surface area contributed by atoms with Gasteiger partial charge in [-0.25, -0.2) is 0 Å². The molecule has 0 aromatic heterocycles. The molecular formula is C21H30N2O2. The van der Waals surface area contributed by atoms with Gasteiger partial charge in [-0.15, -0.1) is 0 Å². The number of carbonyl (C=O) groups excluding carboxylic acids is 1. The molecule has 3 saturated heterocycles. The number of likely N-dealkylation sites (tertiary alicyclic amines) is 2. The van der Waals surface area contributed by atoms with Gasteiger partial charge in [-0.2, -0.15) is 0 Å². The van der Waals surface area contributed by atoms with Gasteiger partial charge in [-0.05, 0) is 45.1 Å². The lowest BCUT2D eigenvalue weighted by Crippen LogP contribution is -2.50. The number of aryl methyl sites for hydroxylation is 2. The van der Waals surface area contributed by atoms with Crippen molar-refractivity contribution in [3.05, 3.63) is 34.9 Å². The SMILES string of the molecule is Cc1cc(C)cc(CN2CC[C@]3(C[C@@H](N4CCCC4=O)CCO3)C2)c1. The summed E-state index contributed by atoms with van der Waals surface area (Å²) in [5.74, 6) is 0.354. The molecule has 4 heteroatoms. The summed E-state index contributed by atoms with van der Waals surface area (Å²) >= 11 is 0. The topological polar surface area (TPSA) is 32.8 Å². The van der Waals surface area contributed by atoms with Crippen molar-refractivity contribution in [2.24, 2.45) is 0 Å². The lowest BCUT2D eigenvalue weighted by Gasteiger charge is -2.41. The second kappa shape index (κ2) is 6.73. The molecule has 1 spiro atoms. The van der Waals surface area contributed by atoms with E-state index in [1.807, 2.05) is 0 Å². The zero-order valence-corrected chi connectivity index (χ0v) is 15.6. The van der Waals surface area contributed by atoms with E-state index in [1.54, 1.807) is 0 Å². The second-order valence-corrected chi connectivity index (χ2v) is 8.33. The van der Waals surface area contributed by atoms with Gasteiger partial charge in [0.05, 0.1) is 5.60 Å². The van der Waals surface area contributed by atoms with Crippen LogP contribution in [0.2, 0.25) is 0 Å². The molecule has 1 amide bonds. The van der Waals surface area contributed by atoms with Crippen molar-refractivity contribution in [3.63, 3.8) is 0 Å². The lowest BCUT2D eigenvalue weighted by molar-refractivity contribution is -0.137. The maximum absolute atomic E-state index is 12.1. The van der Waals surface area contributed by atoms with Crippen LogP contribution in [-0.2, 0) is 16.1 Å². The van der Waals surface area contributed by atoms with Crippen LogP contribution in [0.3, 0.4) is 0 Å². The van der Waals surface area contributed by atoms with E-state index in [9.17, 15) is 4.79 Å². The Morgan fingerprint density at radius 1 is 1.20 bits per heavy atom. The third-order valence-electron chi connectivity index (χ3n) is 6.10. The molecular weight excluding hydrogens is 312 g/mol. The van der Waals surface area contributed by atoms with E-state index in [0.717, 1.165) is 64.9 Å². The van der Waals surface area contributed by atoms with Gasteiger partial charge in [-0.3, -0.25) is 9.69 Å². The maximum Gasteiger partial charge on any atom is 0.222 e. The highest BCUT2D eigenvalue weighted by atomic mass is 16.5. The first-order valence-corrected chi connectivity index (χ1v) is 9.76. The maximum atomic E-state index is 12.1.